The summed E-state index contributed by atoms with van der Waals surface area (Å²) in [4.78, 5) is 2.47. The summed E-state index contributed by atoms with van der Waals surface area (Å²) in [7, 11) is 2.24. The topological polar surface area (TPSA) is 29.3 Å². The monoisotopic (exact) mass is 268 g/mol. The predicted octanol–water partition coefficient (Wildman–Crippen LogP) is 3.75. The molecule has 19 heavy (non-hydrogen) atoms. The zero-order valence-corrected chi connectivity index (χ0v) is 14.0. The number of rotatable bonds is 6. The van der Waals surface area contributed by atoms with Gasteiger partial charge >= 0.3 is 0 Å². The summed E-state index contributed by atoms with van der Waals surface area (Å²) in [6, 6.07) is 1.14. The van der Waals surface area contributed by atoms with Crippen LogP contribution in [0.15, 0.2) is 0 Å². The molecule has 0 saturated heterocycles. The van der Waals surface area contributed by atoms with Crippen molar-refractivity contribution >= 4 is 0 Å². The summed E-state index contributed by atoms with van der Waals surface area (Å²) in [6.07, 6.45) is 5.28. The summed E-state index contributed by atoms with van der Waals surface area (Å²) < 4.78 is 0. The fourth-order valence-electron chi connectivity index (χ4n) is 3.68. The minimum atomic E-state index is 0.450. The maximum Gasteiger partial charge on any atom is 0.00894 e. The van der Waals surface area contributed by atoms with Gasteiger partial charge in [-0.15, -0.1) is 0 Å². The van der Waals surface area contributed by atoms with Gasteiger partial charge in [0, 0.05) is 12.1 Å². The van der Waals surface area contributed by atoms with E-state index in [9.17, 15) is 0 Å². The highest BCUT2D eigenvalue weighted by atomic mass is 15.1. The molecule has 6 unspecified atom stereocenters. The number of hydrogen-bond acceptors (Lipinski definition) is 2. The van der Waals surface area contributed by atoms with E-state index in [-0.39, 0.29) is 0 Å². The number of nitrogens with two attached hydrogens (primary N) is 1. The molecule has 1 aliphatic carbocycles. The van der Waals surface area contributed by atoms with Crippen molar-refractivity contribution in [2.24, 2.45) is 29.4 Å². The van der Waals surface area contributed by atoms with Crippen LogP contribution in [0.2, 0.25) is 0 Å². The van der Waals surface area contributed by atoms with Crippen molar-refractivity contribution in [2.75, 3.05) is 13.6 Å². The Morgan fingerprint density at radius 1 is 1.21 bits per heavy atom. The predicted molar refractivity (Wildman–Crippen MR) is 85.2 cm³/mol. The molecule has 0 heterocycles. The van der Waals surface area contributed by atoms with Crippen molar-refractivity contribution in [3.63, 3.8) is 0 Å². The lowest BCUT2D eigenvalue weighted by molar-refractivity contribution is 0.140. The minimum Gasteiger partial charge on any atom is -0.327 e. The summed E-state index contributed by atoms with van der Waals surface area (Å²) in [5.41, 5.74) is 6.14. The summed E-state index contributed by atoms with van der Waals surface area (Å²) >= 11 is 0. The van der Waals surface area contributed by atoms with E-state index >= 15 is 0 Å². The van der Waals surface area contributed by atoms with Gasteiger partial charge in [-0.25, -0.2) is 0 Å². The molecule has 0 bridgehead atoms. The maximum absolute atomic E-state index is 6.14. The molecule has 2 nitrogen and oxygen atoms in total. The van der Waals surface area contributed by atoms with Gasteiger partial charge in [0.2, 0.25) is 0 Å². The molecule has 0 aromatic heterocycles. The van der Waals surface area contributed by atoms with Crippen LogP contribution in [0.25, 0.3) is 0 Å². The molecule has 1 fully saturated rings. The largest absolute Gasteiger partial charge is 0.327 e. The van der Waals surface area contributed by atoms with E-state index in [2.05, 4.69) is 46.6 Å². The van der Waals surface area contributed by atoms with Gasteiger partial charge in [-0.05, 0) is 69.9 Å². The quantitative estimate of drug-likeness (QED) is 0.795. The molecule has 0 spiro atoms. The van der Waals surface area contributed by atoms with Crippen LogP contribution in [-0.2, 0) is 0 Å². The second kappa shape index (κ2) is 7.64. The molecule has 2 heteroatoms. The molecule has 0 aromatic rings. The Morgan fingerprint density at radius 3 is 2.37 bits per heavy atom. The normalized spacial score (nSPS) is 33.2. The molecule has 1 aliphatic rings. The molecule has 1 saturated carbocycles. The first-order valence-electron chi connectivity index (χ1n) is 8.32. The minimum absolute atomic E-state index is 0.450. The van der Waals surface area contributed by atoms with Crippen molar-refractivity contribution in [1.29, 1.82) is 0 Å². The van der Waals surface area contributed by atoms with E-state index in [1.165, 1.54) is 25.7 Å². The smallest absolute Gasteiger partial charge is 0.00894 e. The third-order valence-corrected chi connectivity index (χ3v) is 5.84. The maximum atomic E-state index is 6.14. The summed E-state index contributed by atoms with van der Waals surface area (Å²) in [5.74, 6) is 3.24. The SMILES string of the molecule is CCN(C)C(C)C(C)CC(C)C1CCC(N)C(C)C1. The van der Waals surface area contributed by atoms with Crippen LogP contribution in [0.4, 0.5) is 0 Å². The van der Waals surface area contributed by atoms with Crippen LogP contribution >= 0.6 is 0 Å². The van der Waals surface area contributed by atoms with Crippen LogP contribution < -0.4 is 5.73 Å². The van der Waals surface area contributed by atoms with E-state index in [1.54, 1.807) is 0 Å². The fraction of sp³-hybridized carbons (Fsp3) is 1.00. The summed E-state index contributed by atoms with van der Waals surface area (Å²) in [6.45, 7) is 13.0. The summed E-state index contributed by atoms with van der Waals surface area (Å²) in [5, 5.41) is 0. The van der Waals surface area contributed by atoms with Gasteiger partial charge in [0.15, 0.2) is 0 Å². The second-order valence-corrected chi connectivity index (χ2v) is 7.22. The highest BCUT2D eigenvalue weighted by Gasteiger charge is 2.30. The van der Waals surface area contributed by atoms with Crippen LogP contribution in [0.5, 0.6) is 0 Å². The third-order valence-electron chi connectivity index (χ3n) is 5.84. The Kier molecular flexibility index (Phi) is 6.82. The Hall–Kier alpha value is -0.0800. The zero-order chi connectivity index (χ0) is 14.6. The van der Waals surface area contributed by atoms with Crippen molar-refractivity contribution in [3.8, 4) is 0 Å². The molecular weight excluding hydrogens is 232 g/mol. The van der Waals surface area contributed by atoms with Gasteiger partial charge in [0.1, 0.15) is 0 Å². The Morgan fingerprint density at radius 2 is 1.84 bits per heavy atom. The van der Waals surface area contributed by atoms with Gasteiger partial charge in [-0.3, -0.25) is 0 Å². The van der Waals surface area contributed by atoms with Crippen molar-refractivity contribution in [2.45, 2.75) is 72.4 Å². The van der Waals surface area contributed by atoms with Crippen LogP contribution in [0.1, 0.15) is 60.3 Å². The second-order valence-electron chi connectivity index (χ2n) is 7.22. The van der Waals surface area contributed by atoms with Gasteiger partial charge in [-0.1, -0.05) is 27.7 Å². The van der Waals surface area contributed by atoms with Crippen LogP contribution in [0, 0.1) is 23.7 Å². The number of nitrogens with zero attached hydrogens (tertiary/aromatic N) is 1. The van der Waals surface area contributed by atoms with E-state index < -0.39 is 0 Å². The first-order chi connectivity index (χ1) is 8.86. The molecule has 1 rings (SSSR count). The Labute approximate surface area is 121 Å². The van der Waals surface area contributed by atoms with E-state index in [0.29, 0.717) is 18.0 Å². The lowest BCUT2D eigenvalue weighted by Gasteiger charge is -2.37. The van der Waals surface area contributed by atoms with Crippen molar-refractivity contribution in [3.05, 3.63) is 0 Å². The molecule has 0 aliphatic heterocycles. The molecular formula is C17H36N2. The average Bonchev–Trinajstić information content (AvgIpc) is 2.39. The molecule has 114 valence electrons. The highest BCUT2D eigenvalue weighted by Crippen LogP contribution is 2.36. The van der Waals surface area contributed by atoms with Crippen LogP contribution in [0.3, 0.4) is 0 Å². The van der Waals surface area contributed by atoms with Crippen molar-refractivity contribution < 1.29 is 0 Å². The molecule has 0 radical (unpaired) electrons. The lowest BCUT2D eigenvalue weighted by atomic mass is 9.71. The molecule has 0 amide bonds. The van der Waals surface area contributed by atoms with Gasteiger partial charge < -0.3 is 10.6 Å². The molecule has 6 atom stereocenters. The highest BCUT2D eigenvalue weighted by molar-refractivity contribution is 4.83. The number of hydrogen-bond donors (Lipinski definition) is 1. The van der Waals surface area contributed by atoms with Gasteiger partial charge in [0.25, 0.3) is 0 Å². The lowest BCUT2D eigenvalue weighted by Crippen LogP contribution is -2.38. The van der Waals surface area contributed by atoms with Gasteiger partial charge in [0.05, 0.1) is 0 Å². The average molecular weight is 268 g/mol. The van der Waals surface area contributed by atoms with E-state index in [0.717, 1.165) is 24.3 Å². The zero-order valence-electron chi connectivity index (χ0n) is 14.0. The van der Waals surface area contributed by atoms with E-state index in [1.807, 2.05) is 0 Å². The van der Waals surface area contributed by atoms with Crippen molar-refractivity contribution in [1.82, 2.24) is 4.90 Å². The first kappa shape index (κ1) is 17.0. The molecule has 2 N–H and O–H groups in total. The Bertz CT molecular complexity index is 254. The van der Waals surface area contributed by atoms with Crippen LogP contribution in [-0.4, -0.2) is 30.6 Å². The third kappa shape index (κ3) is 4.75. The van der Waals surface area contributed by atoms with Gasteiger partial charge in [-0.2, -0.15) is 0 Å². The molecule has 0 aromatic carbocycles. The standard InChI is InChI=1S/C17H36N2/c1-7-19(6)15(5)12(2)10-13(3)16-8-9-17(18)14(4)11-16/h12-17H,7-11,18H2,1-6H3. The Balaban J connectivity index is 2.44. The first-order valence-corrected chi connectivity index (χ1v) is 8.32. The van der Waals surface area contributed by atoms with E-state index in [4.69, 9.17) is 5.73 Å². The fourth-order valence-corrected chi connectivity index (χ4v) is 3.68.